The third kappa shape index (κ3) is 3.68. The van der Waals surface area contributed by atoms with Crippen LogP contribution in [0.25, 0.3) is 0 Å². The van der Waals surface area contributed by atoms with Gasteiger partial charge < -0.3 is 5.32 Å². The lowest BCUT2D eigenvalue weighted by atomic mass is 9.96. The lowest BCUT2D eigenvalue weighted by Crippen LogP contribution is -2.41. The minimum absolute atomic E-state index is 0.0860. The summed E-state index contributed by atoms with van der Waals surface area (Å²) in [5, 5.41) is 3.37. The third-order valence-electron chi connectivity index (χ3n) is 6.20. The predicted octanol–water partition coefficient (Wildman–Crippen LogP) is 3.82. The molecule has 1 N–H and O–H groups in total. The standard InChI is InChI=1S/C23H28N2O/c1-17(19-10-6-3-7-11-19)23(26)24-22-13-12-20-15-25(16-21(20)22)14-18-8-4-2-5-9-18/h2-11,17,20-22H,12-16H2,1H3,(H,24,26)/t17-,20?,21?,22?/m1/s1. The van der Waals surface area contributed by atoms with Crippen LogP contribution in [0.2, 0.25) is 0 Å². The van der Waals surface area contributed by atoms with Gasteiger partial charge in [-0.2, -0.15) is 0 Å². The molecule has 3 heteroatoms. The van der Waals surface area contributed by atoms with E-state index in [0.717, 1.165) is 31.0 Å². The highest BCUT2D eigenvalue weighted by Gasteiger charge is 2.43. The van der Waals surface area contributed by atoms with E-state index in [9.17, 15) is 4.79 Å². The Labute approximate surface area is 156 Å². The van der Waals surface area contributed by atoms with Gasteiger partial charge in [-0.1, -0.05) is 60.7 Å². The van der Waals surface area contributed by atoms with Gasteiger partial charge in [0.15, 0.2) is 0 Å². The summed E-state index contributed by atoms with van der Waals surface area (Å²) >= 11 is 0. The number of benzene rings is 2. The van der Waals surface area contributed by atoms with E-state index in [1.54, 1.807) is 0 Å². The van der Waals surface area contributed by atoms with Crippen molar-refractivity contribution < 1.29 is 4.79 Å². The molecule has 3 nitrogen and oxygen atoms in total. The zero-order chi connectivity index (χ0) is 17.9. The molecule has 1 amide bonds. The Morgan fingerprint density at radius 2 is 1.73 bits per heavy atom. The van der Waals surface area contributed by atoms with E-state index in [0.29, 0.717) is 12.0 Å². The number of carbonyl (C=O) groups is 1. The highest BCUT2D eigenvalue weighted by atomic mass is 16.1. The van der Waals surface area contributed by atoms with E-state index >= 15 is 0 Å². The largest absolute Gasteiger partial charge is 0.353 e. The maximum absolute atomic E-state index is 12.7. The van der Waals surface area contributed by atoms with Crippen LogP contribution >= 0.6 is 0 Å². The average molecular weight is 348 g/mol. The van der Waals surface area contributed by atoms with E-state index in [1.165, 1.54) is 18.5 Å². The molecule has 2 aliphatic rings. The lowest BCUT2D eigenvalue weighted by molar-refractivity contribution is -0.123. The quantitative estimate of drug-likeness (QED) is 0.891. The van der Waals surface area contributed by atoms with Gasteiger partial charge >= 0.3 is 0 Å². The van der Waals surface area contributed by atoms with Crippen LogP contribution < -0.4 is 5.32 Å². The molecule has 1 saturated heterocycles. The fourth-order valence-corrected chi connectivity index (χ4v) is 4.71. The fourth-order valence-electron chi connectivity index (χ4n) is 4.71. The first-order chi connectivity index (χ1) is 12.7. The van der Waals surface area contributed by atoms with Crippen LogP contribution in [0.4, 0.5) is 0 Å². The molecular weight excluding hydrogens is 320 g/mol. The van der Waals surface area contributed by atoms with Crippen molar-refractivity contribution in [2.24, 2.45) is 11.8 Å². The molecule has 1 saturated carbocycles. The van der Waals surface area contributed by atoms with Crippen molar-refractivity contribution in [2.75, 3.05) is 13.1 Å². The molecule has 2 fully saturated rings. The van der Waals surface area contributed by atoms with Crippen molar-refractivity contribution >= 4 is 5.91 Å². The van der Waals surface area contributed by atoms with Gasteiger partial charge in [-0.15, -0.1) is 0 Å². The summed E-state index contributed by atoms with van der Waals surface area (Å²) in [5.41, 5.74) is 2.47. The number of amides is 1. The Morgan fingerprint density at radius 1 is 1.04 bits per heavy atom. The first-order valence-electron chi connectivity index (χ1n) is 9.82. The number of carbonyl (C=O) groups excluding carboxylic acids is 1. The van der Waals surface area contributed by atoms with Gasteiger partial charge in [0.05, 0.1) is 5.92 Å². The van der Waals surface area contributed by atoms with Gasteiger partial charge in [0.25, 0.3) is 0 Å². The molecule has 0 radical (unpaired) electrons. The molecule has 3 unspecified atom stereocenters. The second-order valence-electron chi connectivity index (χ2n) is 7.93. The van der Waals surface area contributed by atoms with Crippen LogP contribution in [-0.4, -0.2) is 29.9 Å². The van der Waals surface area contributed by atoms with Crippen molar-refractivity contribution in [2.45, 2.75) is 38.3 Å². The topological polar surface area (TPSA) is 32.3 Å². The molecule has 136 valence electrons. The number of likely N-dealkylation sites (tertiary alicyclic amines) is 1. The fraction of sp³-hybridized carbons (Fsp3) is 0.435. The van der Waals surface area contributed by atoms with Crippen LogP contribution in [0, 0.1) is 11.8 Å². The Kier molecular flexibility index (Phi) is 5.07. The third-order valence-corrected chi connectivity index (χ3v) is 6.20. The lowest BCUT2D eigenvalue weighted by Gasteiger charge is -2.23. The molecule has 1 aliphatic carbocycles. The van der Waals surface area contributed by atoms with Gasteiger partial charge in [0, 0.05) is 25.7 Å². The Hall–Kier alpha value is -2.13. The van der Waals surface area contributed by atoms with Crippen molar-refractivity contribution in [3.63, 3.8) is 0 Å². The molecule has 2 aromatic rings. The summed E-state index contributed by atoms with van der Waals surface area (Å²) in [6, 6.07) is 21.1. The summed E-state index contributed by atoms with van der Waals surface area (Å²) in [7, 11) is 0. The average Bonchev–Trinajstić information content (AvgIpc) is 3.24. The monoisotopic (exact) mass is 348 g/mol. The number of hydrogen-bond donors (Lipinski definition) is 1. The molecule has 4 rings (SSSR count). The SMILES string of the molecule is C[C@@H](C(=O)NC1CCC2CN(Cc3ccccc3)CC21)c1ccccc1. The van der Waals surface area contributed by atoms with Crippen LogP contribution in [0.15, 0.2) is 60.7 Å². The second kappa shape index (κ2) is 7.63. The van der Waals surface area contributed by atoms with Crippen molar-refractivity contribution in [1.82, 2.24) is 10.2 Å². The number of hydrogen-bond acceptors (Lipinski definition) is 2. The minimum atomic E-state index is -0.0860. The van der Waals surface area contributed by atoms with E-state index in [4.69, 9.17) is 0 Å². The summed E-state index contributed by atoms with van der Waals surface area (Å²) in [5.74, 6) is 1.42. The number of nitrogens with one attached hydrogen (secondary N) is 1. The zero-order valence-electron chi connectivity index (χ0n) is 15.5. The summed E-state index contributed by atoms with van der Waals surface area (Å²) in [6.07, 6.45) is 2.36. The van der Waals surface area contributed by atoms with Crippen LogP contribution in [0.1, 0.15) is 36.8 Å². The molecule has 1 aliphatic heterocycles. The van der Waals surface area contributed by atoms with Crippen LogP contribution in [0.3, 0.4) is 0 Å². The molecule has 0 spiro atoms. The van der Waals surface area contributed by atoms with E-state index < -0.39 is 0 Å². The van der Waals surface area contributed by atoms with E-state index in [2.05, 4.69) is 40.5 Å². The zero-order valence-corrected chi connectivity index (χ0v) is 15.5. The van der Waals surface area contributed by atoms with Crippen LogP contribution in [0.5, 0.6) is 0 Å². The highest BCUT2D eigenvalue weighted by molar-refractivity contribution is 5.83. The number of rotatable bonds is 5. The maximum Gasteiger partial charge on any atom is 0.227 e. The van der Waals surface area contributed by atoms with Crippen molar-refractivity contribution in [3.05, 3.63) is 71.8 Å². The normalized spacial score (nSPS) is 26.4. The first-order valence-corrected chi connectivity index (χ1v) is 9.82. The van der Waals surface area contributed by atoms with Gasteiger partial charge in [0.2, 0.25) is 5.91 Å². The second-order valence-corrected chi connectivity index (χ2v) is 7.93. The highest BCUT2D eigenvalue weighted by Crippen LogP contribution is 2.39. The van der Waals surface area contributed by atoms with Gasteiger partial charge in [0.1, 0.15) is 0 Å². The smallest absolute Gasteiger partial charge is 0.227 e. The predicted molar refractivity (Wildman–Crippen MR) is 105 cm³/mol. The van der Waals surface area contributed by atoms with Gasteiger partial charge in [-0.05, 0) is 42.7 Å². The Morgan fingerprint density at radius 3 is 2.46 bits per heavy atom. The molecule has 4 atom stereocenters. The first kappa shape index (κ1) is 17.3. The summed E-state index contributed by atoms with van der Waals surface area (Å²) < 4.78 is 0. The Balaban J connectivity index is 1.35. The molecule has 0 aromatic heterocycles. The summed E-state index contributed by atoms with van der Waals surface area (Å²) in [6.45, 7) is 5.30. The summed E-state index contributed by atoms with van der Waals surface area (Å²) in [4.78, 5) is 15.3. The van der Waals surface area contributed by atoms with Gasteiger partial charge in [-0.25, -0.2) is 0 Å². The minimum Gasteiger partial charge on any atom is -0.353 e. The maximum atomic E-state index is 12.7. The van der Waals surface area contributed by atoms with E-state index in [1.807, 2.05) is 37.3 Å². The Bertz CT molecular complexity index is 730. The number of fused-ring (bicyclic) bond motifs is 1. The molecule has 0 bridgehead atoms. The number of nitrogens with zero attached hydrogens (tertiary/aromatic N) is 1. The molecule has 2 aromatic carbocycles. The van der Waals surface area contributed by atoms with Gasteiger partial charge in [-0.3, -0.25) is 9.69 Å². The van der Waals surface area contributed by atoms with Crippen molar-refractivity contribution in [3.8, 4) is 0 Å². The molecular formula is C23H28N2O. The van der Waals surface area contributed by atoms with Crippen LogP contribution in [-0.2, 0) is 11.3 Å². The van der Waals surface area contributed by atoms with Crippen molar-refractivity contribution in [1.29, 1.82) is 0 Å². The molecule has 1 heterocycles. The molecule has 26 heavy (non-hydrogen) atoms. The van der Waals surface area contributed by atoms with E-state index in [-0.39, 0.29) is 11.8 Å².